The van der Waals surface area contributed by atoms with Crippen LogP contribution in [0.15, 0.2) is 103 Å². The molecule has 0 saturated carbocycles. The van der Waals surface area contributed by atoms with E-state index in [9.17, 15) is 19.5 Å². The largest absolute Gasteiger partial charge is 0.507 e. The molecular weight excluding hydrogens is 472 g/mol. The van der Waals surface area contributed by atoms with Crippen LogP contribution in [0.1, 0.15) is 36.6 Å². The van der Waals surface area contributed by atoms with Crippen molar-refractivity contribution in [3.8, 4) is 23.0 Å². The molecular formula is C30H22O7. The molecule has 1 N–H and O–H groups in total. The average Bonchev–Trinajstić information content (AvgIpc) is 2.93. The molecule has 0 aliphatic carbocycles. The van der Waals surface area contributed by atoms with Gasteiger partial charge in [-0.25, -0.2) is 9.59 Å². The Morgan fingerprint density at radius 3 is 1.89 bits per heavy atom. The number of methoxy groups -OCH3 is 1. The third kappa shape index (κ3) is 6.29. The summed E-state index contributed by atoms with van der Waals surface area (Å²) in [6.07, 6.45) is 2.69. The van der Waals surface area contributed by atoms with Crippen LogP contribution in [0.2, 0.25) is 0 Å². The van der Waals surface area contributed by atoms with Gasteiger partial charge in [0.05, 0.1) is 23.8 Å². The van der Waals surface area contributed by atoms with Gasteiger partial charge in [-0.1, -0.05) is 36.4 Å². The first-order valence-corrected chi connectivity index (χ1v) is 11.2. The zero-order valence-corrected chi connectivity index (χ0v) is 19.8. The topological polar surface area (TPSA) is 99.1 Å². The molecule has 0 aliphatic heterocycles. The van der Waals surface area contributed by atoms with E-state index in [1.165, 1.54) is 43.5 Å². The van der Waals surface area contributed by atoms with E-state index in [0.717, 1.165) is 0 Å². The Morgan fingerprint density at radius 1 is 0.703 bits per heavy atom. The first kappa shape index (κ1) is 24.9. The van der Waals surface area contributed by atoms with E-state index in [0.29, 0.717) is 22.4 Å². The standard InChI is InChI=1S/C30H22O7/c1-35-23-15-16-25(27(32)18-23)26(31)17-13-20-12-14-24(36-29(33)21-8-4-2-5-9-21)19-28(20)37-30(34)22-10-6-3-7-11-22/h2-19,32H,1H3. The number of rotatable bonds is 8. The zero-order chi connectivity index (χ0) is 26.2. The van der Waals surface area contributed by atoms with Gasteiger partial charge in [-0.2, -0.15) is 0 Å². The summed E-state index contributed by atoms with van der Waals surface area (Å²) in [5, 5.41) is 10.2. The van der Waals surface area contributed by atoms with Crippen molar-refractivity contribution in [1.82, 2.24) is 0 Å². The van der Waals surface area contributed by atoms with Crippen LogP contribution in [-0.2, 0) is 0 Å². The van der Waals surface area contributed by atoms with E-state index in [1.54, 1.807) is 72.8 Å². The Hall–Kier alpha value is -5.17. The number of esters is 2. The summed E-state index contributed by atoms with van der Waals surface area (Å²) in [4.78, 5) is 37.9. The van der Waals surface area contributed by atoms with Gasteiger partial charge in [-0.15, -0.1) is 0 Å². The highest BCUT2D eigenvalue weighted by Crippen LogP contribution is 2.29. The maximum absolute atomic E-state index is 12.7. The number of phenolic OH excluding ortho intramolecular Hbond substituents is 1. The number of ether oxygens (including phenoxy) is 3. The number of carbonyl (C=O) groups is 3. The van der Waals surface area contributed by atoms with Crippen molar-refractivity contribution in [2.24, 2.45) is 0 Å². The summed E-state index contributed by atoms with van der Waals surface area (Å²) < 4.78 is 16.1. The van der Waals surface area contributed by atoms with Crippen molar-refractivity contribution >= 4 is 23.8 Å². The highest BCUT2D eigenvalue weighted by molar-refractivity contribution is 6.08. The first-order chi connectivity index (χ1) is 17.9. The van der Waals surface area contributed by atoms with Gasteiger partial charge in [-0.05, 0) is 60.7 Å². The maximum atomic E-state index is 12.7. The molecule has 0 amide bonds. The van der Waals surface area contributed by atoms with Gasteiger partial charge in [0.25, 0.3) is 0 Å². The van der Waals surface area contributed by atoms with Gasteiger partial charge >= 0.3 is 11.9 Å². The highest BCUT2D eigenvalue weighted by Gasteiger charge is 2.15. The summed E-state index contributed by atoms with van der Waals surface area (Å²) in [6, 6.07) is 25.7. The van der Waals surface area contributed by atoms with Crippen LogP contribution in [0, 0.1) is 0 Å². The van der Waals surface area contributed by atoms with Crippen molar-refractivity contribution < 1.29 is 33.7 Å². The SMILES string of the molecule is COc1ccc(C(=O)C=Cc2ccc(OC(=O)c3ccccc3)cc2OC(=O)c2ccccc2)c(O)c1. The number of phenols is 1. The maximum Gasteiger partial charge on any atom is 0.343 e. The van der Waals surface area contributed by atoms with Gasteiger partial charge < -0.3 is 19.3 Å². The van der Waals surface area contributed by atoms with E-state index in [2.05, 4.69) is 0 Å². The van der Waals surface area contributed by atoms with Gasteiger partial charge in [-0.3, -0.25) is 4.79 Å². The molecule has 0 radical (unpaired) electrons. The lowest BCUT2D eigenvalue weighted by Gasteiger charge is -2.11. The third-order valence-electron chi connectivity index (χ3n) is 5.30. The molecule has 0 aromatic heterocycles. The number of allylic oxidation sites excluding steroid dienone is 1. The van der Waals surface area contributed by atoms with Gasteiger partial charge in [0.2, 0.25) is 0 Å². The second kappa shape index (κ2) is 11.5. The number of hydrogen-bond donors (Lipinski definition) is 1. The molecule has 0 aliphatic rings. The van der Waals surface area contributed by atoms with Gasteiger partial charge in [0, 0.05) is 17.7 Å². The van der Waals surface area contributed by atoms with Gasteiger partial charge in [0.1, 0.15) is 23.0 Å². The second-order valence-corrected chi connectivity index (χ2v) is 7.79. The predicted octanol–water partition coefficient (Wildman–Crippen LogP) is 5.74. The summed E-state index contributed by atoms with van der Waals surface area (Å²) >= 11 is 0. The van der Waals surface area contributed by atoms with Crippen LogP contribution in [0.5, 0.6) is 23.0 Å². The van der Waals surface area contributed by atoms with E-state index in [-0.39, 0.29) is 22.8 Å². The fraction of sp³-hybridized carbons (Fsp3) is 0.0333. The summed E-state index contributed by atoms with van der Waals surface area (Å²) in [5.74, 6) is -1.26. The normalized spacial score (nSPS) is 10.6. The highest BCUT2D eigenvalue weighted by atomic mass is 16.5. The summed E-state index contributed by atoms with van der Waals surface area (Å²) in [7, 11) is 1.45. The van der Waals surface area contributed by atoms with Crippen LogP contribution in [0.25, 0.3) is 6.08 Å². The summed E-state index contributed by atoms with van der Waals surface area (Å²) in [6.45, 7) is 0. The Morgan fingerprint density at radius 2 is 1.30 bits per heavy atom. The average molecular weight is 494 g/mol. The Balaban J connectivity index is 1.62. The van der Waals surface area contributed by atoms with Gasteiger partial charge in [0.15, 0.2) is 5.78 Å². The van der Waals surface area contributed by atoms with E-state index in [4.69, 9.17) is 14.2 Å². The molecule has 0 bridgehead atoms. The lowest BCUT2D eigenvalue weighted by molar-refractivity contribution is 0.0732. The predicted molar refractivity (Wildman–Crippen MR) is 137 cm³/mol. The van der Waals surface area contributed by atoms with Crippen molar-refractivity contribution in [2.75, 3.05) is 7.11 Å². The van der Waals surface area contributed by atoms with E-state index in [1.807, 2.05) is 0 Å². The van der Waals surface area contributed by atoms with Crippen molar-refractivity contribution in [1.29, 1.82) is 0 Å². The smallest absolute Gasteiger partial charge is 0.343 e. The number of carbonyl (C=O) groups excluding carboxylic acids is 3. The minimum absolute atomic E-state index is 0.0771. The molecule has 0 saturated heterocycles. The molecule has 0 heterocycles. The lowest BCUT2D eigenvalue weighted by Crippen LogP contribution is -2.11. The Labute approximate surface area is 213 Å². The first-order valence-electron chi connectivity index (χ1n) is 11.2. The molecule has 0 unspecified atom stereocenters. The quantitative estimate of drug-likeness (QED) is 0.144. The molecule has 4 rings (SSSR count). The molecule has 0 atom stereocenters. The molecule has 4 aromatic rings. The van der Waals surface area contributed by atoms with Crippen molar-refractivity contribution in [3.63, 3.8) is 0 Å². The molecule has 7 heteroatoms. The van der Waals surface area contributed by atoms with Crippen molar-refractivity contribution in [3.05, 3.63) is 125 Å². The lowest BCUT2D eigenvalue weighted by atomic mass is 10.1. The fourth-order valence-corrected chi connectivity index (χ4v) is 3.38. The summed E-state index contributed by atoms with van der Waals surface area (Å²) in [5.41, 5.74) is 1.14. The molecule has 37 heavy (non-hydrogen) atoms. The third-order valence-corrected chi connectivity index (χ3v) is 5.30. The number of ketones is 1. The molecule has 4 aromatic carbocycles. The van der Waals surface area contributed by atoms with Crippen molar-refractivity contribution in [2.45, 2.75) is 0 Å². The molecule has 0 fully saturated rings. The van der Waals surface area contributed by atoms with Crippen LogP contribution >= 0.6 is 0 Å². The van der Waals surface area contributed by atoms with Crippen LogP contribution in [-0.4, -0.2) is 29.9 Å². The van der Waals surface area contributed by atoms with E-state index < -0.39 is 17.7 Å². The zero-order valence-electron chi connectivity index (χ0n) is 19.8. The number of aromatic hydroxyl groups is 1. The second-order valence-electron chi connectivity index (χ2n) is 7.79. The Kier molecular flexibility index (Phi) is 7.75. The van der Waals surface area contributed by atoms with Crippen LogP contribution in [0.3, 0.4) is 0 Å². The fourth-order valence-electron chi connectivity index (χ4n) is 3.38. The number of benzene rings is 4. The number of hydrogen-bond acceptors (Lipinski definition) is 7. The Bertz CT molecular complexity index is 1460. The minimum atomic E-state index is -0.624. The van der Waals surface area contributed by atoms with Crippen LogP contribution in [0.4, 0.5) is 0 Å². The minimum Gasteiger partial charge on any atom is -0.507 e. The molecule has 7 nitrogen and oxygen atoms in total. The monoisotopic (exact) mass is 494 g/mol. The van der Waals surface area contributed by atoms with Crippen LogP contribution < -0.4 is 14.2 Å². The van der Waals surface area contributed by atoms with E-state index >= 15 is 0 Å². The molecule has 184 valence electrons. The molecule has 0 spiro atoms.